The van der Waals surface area contributed by atoms with Crippen LogP contribution in [0.3, 0.4) is 0 Å². The number of nitrogens with one attached hydrogen (secondary N) is 1. The van der Waals surface area contributed by atoms with Crippen molar-refractivity contribution < 1.29 is 13.6 Å². The number of aromatic nitrogens is 1. The standard InChI is InChI=1S/C22H16ClFN2O2/c23-17-5-1-3-14(9-17)11-21-26-19-8-7-16(12-20(19)28-21)22(27)25-13-15-4-2-6-18(24)10-15/h1-10,12H,11,13H2,(H,25,27). The SMILES string of the molecule is O=C(NCc1cccc(F)c1)c1ccc2nc(Cc3cccc(Cl)c3)oc2c1. The first kappa shape index (κ1) is 18.2. The van der Waals surface area contributed by atoms with E-state index in [1.807, 2.05) is 24.3 Å². The van der Waals surface area contributed by atoms with Gasteiger partial charge in [-0.05, 0) is 53.6 Å². The Morgan fingerprint density at radius 2 is 1.86 bits per heavy atom. The molecule has 0 radical (unpaired) electrons. The molecule has 3 aromatic carbocycles. The molecule has 4 nitrogen and oxygen atoms in total. The van der Waals surface area contributed by atoms with Crippen molar-refractivity contribution in [2.75, 3.05) is 0 Å². The van der Waals surface area contributed by atoms with Crippen LogP contribution in [0.15, 0.2) is 71.1 Å². The Balaban J connectivity index is 1.48. The zero-order chi connectivity index (χ0) is 19.5. The molecule has 0 unspecified atom stereocenters. The molecule has 1 amide bonds. The van der Waals surface area contributed by atoms with E-state index in [4.69, 9.17) is 16.0 Å². The molecule has 4 rings (SSSR count). The topological polar surface area (TPSA) is 55.1 Å². The molecule has 4 aromatic rings. The van der Waals surface area contributed by atoms with E-state index >= 15 is 0 Å². The summed E-state index contributed by atoms with van der Waals surface area (Å²) in [5, 5.41) is 3.44. The molecule has 0 aliphatic heterocycles. The van der Waals surface area contributed by atoms with Crippen LogP contribution in [0.5, 0.6) is 0 Å². The van der Waals surface area contributed by atoms with Crippen molar-refractivity contribution in [2.24, 2.45) is 0 Å². The number of halogens is 2. The van der Waals surface area contributed by atoms with Crippen LogP contribution in [-0.2, 0) is 13.0 Å². The number of benzene rings is 3. The monoisotopic (exact) mass is 394 g/mol. The van der Waals surface area contributed by atoms with Crippen LogP contribution in [0, 0.1) is 5.82 Å². The zero-order valence-electron chi connectivity index (χ0n) is 14.8. The van der Waals surface area contributed by atoms with Gasteiger partial charge in [-0.25, -0.2) is 9.37 Å². The van der Waals surface area contributed by atoms with E-state index in [2.05, 4.69) is 10.3 Å². The quantitative estimate of drug-likeness (QED) is 0.510. The van der Waals surface area contributed by atoms with Gasteiger partial charge in [-0.3, -0.25) is 4.79 Å². The second-order valence-electron chi connectivity index (χ2n) is 6.41. The number of fused-ring (bicyclic) bond motifs is 1. The van der Waals surface area contributed by atoms with Gasteiger partial charge in [0.25, 0.3) is 5.91 Å². The number of nitrogens with zero attached hydrogens (tertiary/aromatic N) is 1. The molecule has 0 saturated carbocycles. The maximum Gasteiger partial charge on any atom is 0.251 e. The highest BCUT2D eigenvalue weighted by molar-refractivity contribution is 6.30. The van der Waals surface area contributed by atoms with Crippen LogP contribution in [-0.4, -0.2) is 10.9 Å². The molecular formula is C22H16ClFN2O2. The van der Waals surface area contributed by atoms with Gasteiger partial charge in [0.1, 0.15) is 11.3 Å². The molecule has 0 aliphatic rings. The Kier molecular flexibility index (Phi) is 5.08. The molecule has 0 spiro atoms. The summed E-state index contributed by atoms with van der Waals surface area (Å²) >= 11 is 6.01. The predicted octanol–water partition coefficient (Wildman–Crippen LogP) is 5.14. The molecule has 0 saturated heterocycles. The van der Waals surface area contributed by atoms with E-state index < -0.39 is 0 Å². The first-order valence-corrected chi connectivity index (χ1v) is 9.11. The van der Waals surface area contributed by atoms with Crippen LogP contribution >= 0.6 is 11.6 Å². The molecule has 140 valence electrons. The van der Waals surface area contributed by atoms with Gasteiger partial charge in [-0.1, -0.05) is 35.9 Å². The van der Waals surface area contributed by atoms with Crippen molar-refractivity contribution in [2.45, 2.75) is 13.0 Å². The van der Waals surface area contributed by atoms with Crippen molar-refractivity contribution in [3.8, 4) is 0 Å². The van der Waals surface area contributed by atoms with Gasteiger partial charge in [0.2, 0.25) is 0 Å². The molecule has 28 heavy (non-hydrogen) atoms. The molecule has 6 heteroatoms. The highest BCUT2D eigenvalue weighted by atomic mass is 35.5. The van der Waals surface area contributed by atoms with Crippen LogP contribution in [0.1, 0.15) is 27.4 Å². The highest BCUT2D eigenvalue weighted by Gasteiger charge is 2.11. The van der Waals surface area contributed by atoms with E-state index in [-0.39, 0.29) is 18.3 Å². The van der Waals surface area contributed by atoms with Crippen molar-refractivity contribution in [1.82, 2.24) is 10.3 Å². The van der Waals surface area contributed by atoms with Gasteiger partial charge >= 0.3 is 0 Å². The Hall–Kier alpha value is -3.18. The van der Waals surface area contributed by atoms with Gasteiger partial charge in [-0.15, -0.1) is 0 Å². The Bertz CT molecular complexity index is 1160. The molecular weight excluding hydrogens is 379 g/mol. The van der Waals surface area contributed by atoms with E-state index in [0.717, 1.165) is 5.56 Å². The molecule has 0 fully saturated rings. The third kappa shape index (κ3) is 4.21. The molecule has 0 atom stereocenters. The lowest BCUT2D eigenvalue weighted by Gasteiger charge is -2.05. The van der Waals surface area contributed by atoms with Crippen LogP contribution in [0.4, 0.5) is 4.39 Å². The number of rotatable bonds is 5. The molecule has 1 aromatic heterocycles. The van der Waals surface area contributed by atoms with Crippen molar-refractivity contribution >= 4 is 28.6 Å². The van der Waals surface area contributed by atoms with Gasteiger partial charge in [0.05, 0.1) is 0 Å². The van der Waals surface area contributed by atoms with E-state index in [1.165, 1.54) is 12.1 Å². The maximum absolute atomic E-state index is 13.2. The summed E-state index contributed by atoms with van der Waals surface area (Å²) in [6.45, 7) is 0.241. The van der Waals surface area contributed by atoms with Gasteiger partial charge in [-0.2, -0.15) is 0 Å². The lowest BCUT2D eigenvalue weighted by molar-refractivity contribution is 0.0951. The Morgan fingerprint density at radius 1 is 1.04 bits per heavy atom. The summed E-state index contributed by atoms with van der Waals surface area (Å²) in [6, 6.07) is 18.7. The summed E-state index contributed by atoms with van der Waals surface area (Å²) in [7, 11) is 0. The smallest absolute Gasteiger partial charge is 0.251 e. The number of carbonyl (C=O) groups excluding carboxylic acids is 1. The van der Waals surface area contributed by atoms with Crippen LogP contribution < -0.4 is 5.32 Å². The van der Waals surface area contributed by atoms with Gasteiger partial charge in [0, 0.05) is 23.6 Å². The van der Waals surface area contributed by atoms with Crippen molar-refractivity contribution in [3.63, 3.8) is 0 Å². The average Bonchev–Trinajstić information content (AvgIpc) is 3.07. The summed E-state index contributed by atoms with van der Waals surface area (Å²) in [5.41, 5.74) is 3.36. The van der Waals surface area contributed by atoms with E-state index in [0.29, 0.717) is 39.6 Å². The van der Waals surface area contributed by atoms with E-state index in [1.54, 1.807) is 30.3 Å². The molecule has 1 N–H and O–H groups in total. The maximum atomic E-state index is 13.2. The predicted molar refractivity (Wildman–Crippen MR) is 106 cm³/mol. The number of carbonyl (C=O) groups is 1. The van der Waals surface area contributed by atoms with E-state index in [9.17, 15) is 9.18 Å². The fourth-order valence-electron chi connectivity index (χ4n) is 2.94. The van der Waals surface area contributed by atoms with Crippen LogP contribution in [0.25, 0.3) is 11.1 Å². The fraction of sp³-hybridized carbons (Fsp3) is 0.0909. The molecule has 1 heterocycles. The van der Waals surface area contributed by atoms with Crippen molar-refractivity contribution in [1.29, 1.82) is 0 Å². The first-order valence-electron chi connectivity index (χ1n) is 8.73. The zero-order valence-corrected chi connectivity index (χ0v) is 15.5. The summed E-state index contributed by atoms with van der Waals surface area (Å²) < 4.78 is 19.0. The van der Waals surface area contributed by atoms with Crippen molar-refractivity contribution in [3.05, 3.63) is 100 Å². The third-order valence-electron chi connectivity index (χ3n) is 4.28. The minimum atomic E-state index is -0.331. The minimum Gasteiger partial charge on any atom is -0.440 e. The van der Waals surface area contributed by atoms with Gasteiger partial charge in [0.15, 0.2) is 11.5 Å². The first-order chi connectivity index (χ1) is 13.6. The number of amides is 1. The largest absolute Gasteiger partial charge is 0.440 e. The fourth-order valence-corrected chi connectivity index (χ4v) is 3.15. The number of hydrogen-bond donors (Lipinski definition) is 1. The Labute approximate surface area is 166 Å². The minimum absolute atomic E-state index is 0.241. The lowest BCUT2D eigenvalue weighted by Crippen LogP contribution is -2.22. The molecule has 0 bridgehead atoms. The number of oxazole rings is 1. The lowest BCUT2D eigenvalue weighted by atomic mass is 10.1. The second-order valence-corrected chi connectivity index (χ2v) is 6.85. The number of hydrogen-bond acceptors (Lipinski definition) is 3. The summed E-state index contributed by atoms with van der Waals surface area (Å²) in [4.78, 5) is 16.9. The summed E-state index contributed by atoms with van der Waals surface area (Å²) in [5.74, 6) is -0.0457. The average molecular weight is 395 g/mol. The van der Waals surface area contributed by atoms with Gasteiger partial charge < -0.3 is 9.73 Å². The second kappa shape index (κ2) is 7.82. The van der Waals surface area contributed by atoms with Crippen LogP contribution in [0.2, 0.25) is 5.02 Å². The summed E-state index contributed by atoms with van der Waals surface area (Å²) in [6.07, 6.45) is 0.510. The highest BCUT2D eigenvalue weighted by Crippen LogP contribution is 2.21. The third-order valence-corrected chi connectivity index (χ3v) is 4.52. The molecule has 0 aliphatic carbocycles. The Morgan fingerprint density at radius 3 is 2.68 bits per heavy atom. The normalized spacial score (nSPS) is 10.9.